The molecule has 5 nitrogen and oxygen atoms in total. The fourth-order valence-corrected chi connectivity index (χ4v) is 2.75. The second-order valence-corrected chi connectivity index (χ2v) is 6.43. The first kappa shape index (κ1) is 19.0. The van der Waals surface area contributed by atoms with E-state index in [9.17, 15) is 4.79 Å². The zero-order chi connectivity index (χ0) is 17.4. The summed E-state index contributed by atoms with van der Waals surface area (Å²) >= 11 is 6.02. The van der Waals surface area contributed by atoms with Crippen LogP contribution in [0.5, 0.6) is 5.75 Å². The Bertz CT molecular complexity index is 533. The van der Waals surface area contributed by atoms with E-state index in [1.165, 1.54) is 0 Å². The van der Waals surface area contributed by atoms with Crippen LogP contribution in [0.1, 0.15) is 25.3 Å². The Morgan fingerprint density at radius 1 is 1.42 bits per heavy atom. The molecule has 0 aromatic heterocycles. The highest BCUT2D eigenvalue weighted by Crippen LogP contribution is 2.22. The normalized spacial score (nSPS) is 16.6. The number of hydrogen-bond acceptors (Lipinski definition) is 4. The first-order valence-electron chi connectivity index (χ1n) is 8.60. The van der Waals surface area contributed by atoms with Crippen molar-refractivity contribution in [1.29, 1.82) is 0 Å². The van der Waals surface area contributed by atoms with Gasteiger partial charge in [-0.1, -0.05) is 18.5 Å². The van der Waals surface area contributed by atoms with Crippen molar-refractivity contribution in [3.63, 3.8) is 0 Å². The number of carbonyl (C=O) groups excluding carboxylic acids is 1. The maximum Gasteiger partial charge on any atom is 0.261 e. The molecule has 0 spiro atoms. The lowest BCUT2D eigenvalue weighted by Gasteiger charge is -2.26. The van der Waals surface area contributed by atoms with E-state index >= 15 is 0 Å². The average Bonchev–Trinajstić information content (AvgIpc) is 2.60. The molecule has 134 valence electrons. The predicted octanol–water partition coefficient (Wildman–Crippen LogP) is 2.64. The lowest BCUT2D eigenvalue weighted by molar-refractivity contribution is -0.128. The van der Waals surface area contributed by atoms with Crippen molar-refractivity contribution < 1.29 is 14.3 Å². The number of morpholine rings is 1. The van der Waals surface area contributed by atoms with Crippen molar-refractivity contribution >= 4 is 17.5 Å². The molecule has 0 aliphatic carbocycles. The number of hydrogen-bond donors (Lipinski definition) is 1. The number of rotatable bonds is 8. The summed E-state index contributed by atoms with van der Waals surface area (Å²) in [5, 5.41) is 3.67. The first-order chi connectivity index (χ1) is 11.6. The standard InChI is InChI=1S/C18H27ClN2O3/c1-3-17(24-15-5-6-16(19)14(2)13-15)18(22)20-7-4-8-21-9-11-23-12-10-21/h5-6,13,17H,3-4,7-12H2,1-2H3,(H,20,22)/t17-/m0/s1. The highest BCUT2D eigenvalue weighted by atomic mass is 35.5. The van der Waals surface area contributed by atoms with Gasteiger partial charge in [0.05, 0.1) is 13.2 Å². The number of carbonyl (C=O) groups is 1. The van der Waals surface area contributed by atoms with Gasteiger partial charge in [0, 0.05) is 24.7 Å². The molecule has 6 heteroatoms. The van der Waals surface area contributed by atoms with Crippen molar-refractivity contribution in [2.75, 3.05) is 39.4 Å². The summed E-state index contributed by atoms with van der Waals surface area (Å²) in [6.45, 7) is 9.07. The van der Waals surface area contributed by atoms with Gasteiger partial charge in [-0.3, -0.25) is 9.69 Å². The zero-order valence-corrected chi connectivity index (χ0v) is 15.3. The number of halogens is 1. The monoisotopic (exact) mass is 354 g/mol. The molecule has 1 saturated heterocycles. The number of amides is 1. The van der Waals surface area contributed by atoms with Crippen LogP contribution in [0.4, 0.5) is 0 Å². The Kier molecular flexibility index (Phi) is 7.82. The fourth-order valence-electron chi connectivity index (χ4n) is 2.63. The second-order valence-electron chi connectivity index (χ2n) is 6.02. The summed E-state index contributed by atoms with van der Waals surface area (Å²) < 4.78 is 11.1. The van der Waals surface area contributed by atoms with Crippen LogP contribution in [0, 0.1) is 6.92 Å². The van der Waals surface area contributed by atoms with Gasteiger partial charge >= 0.3 is 0 Å². The lowest BCUT2D eigenvalue weighted by atomic mass is 10.2. The van der Waals surface area contributed by atoms with Gasteiger partial charge < -0.3 is 14.8 Å². The Morgan fingerprint density at radius 2 is 2.17 bits per heavy atom. The van der Waals surface area contributed by atoms with Crippen molar-refractivity contribution in [3.05, 3.63) is 28.8 Å². The molecule has 2 rings (SSSR count). The molecule has 24 heavy (non-hydrogen) atoms. The summed E-state index contributed by atoms with van der Waals surface area (Å²) in [6.07, 6.45) is 1.08. The Hall–Kier alpha value is -1.30. The highest BCUT2D eigenvalue weighted by Gasteiger charge is 2.18. The predicted molar refractivity (Wildman–Crippen MR) is 95.8 cm³/mol. The third kappa shape index (κ3) is 5.96. The second kappa shape index (κ2) is 9.87. The van der Waals surface area contributed by atoms with Gasteiger partial charge in [0.25, 0.3) is 5.91 Å². The molecule has 1 atom stereocenters. The molecular weight excluding hydrogens is 328 g/mol. The van der Waals surface area contributed by atoms with Crippen LogP contribution in [0.25, 0.3) is 0 Å². The molecule has 1 aromatic rings. The van der Waals surface area contributed by atoms with Crippen LogP contribution in [0.2, 0.25) is 5.02 Å². The van der Waals surface area contributed by atoms with Crippen LogP contribution in [0.15, 0.2) is 18.2 Å². The third-order valence-electron chi connectivity index (χ3n) is 4.13. The van der Waals surface area contributed by atoms with Crippen molar-refractivity contribution in [1.82, 2.24) is 10.2 Å². The number of aryl methyl sites for hydroxylation is 1. The molecule has 0 unspecified atom stereocenters. The van der Waals surface area contributed by atoms with Gasteiger partial charge in [0.15, 0.2) is 6.10 Å². The first-order valence-corrected chi connectivity index (χ1v) is 8.98. The van der Waals surface area contributed by atoms with E-state index in [2.05, 4.69) is 10.2 Å². The molecule has 1 N–H and O–H groups in total. The van der Waals surface area contributed by atoms with Crippen LogP contribution in [-0.2, 0) is 9.53 Å². The van der Waals surface area contributed by atoms with Gasteiger partial charge in [-0.25, -0.2) is 0 Å². The molecule has 0 radical (unpaired) electrons. The fraction of sp³-hybridized carbons (Fsp3) is 0.611. The van der Waals surface area contributed by atoms with E-state index < -0.39 is 6.10 Å². The van der Waals surface area contributed by atoms with Gasteiger partial charge in [0.2, 0.25) is 0 Å². The largest absolute Gasteiger partial charge is 0.481 e. The number of ether oxygens (including phenoxy) is 2. The van der Waals surface area contributed by atoms with Gasteiger partial charge in [-0.05, 0) is 50.1 Å². The van der Waals surface area contributed by atoms with Crippen LogP contribution in [0.3, 0.4) is 0 Å². The summed E-state index contributed by atoms with van der Waals surface area (Å²) in [4.78, 5) is 14.6. The van der Waals surface area contributed by atoms with Gasteiger partial charge in [-0.15, -0.1) is 0 Å². The third-order valence-corrected chi connectivity index (χ3v) is 4.55. The van der Waals surface area contributed by atoms with Crippen LogP contribution >= 0.6 is 11.6 Å². The van der Waals surface area contributed by atoms with Crippen molar-refractivity contribution in [2.24, 2.45) is 0 Å². The van der Waals surface area contributed by atoms with Gasteiger partial charge in [-0.2, -0.15) is 0 Å². The van der Waals surface area contributed by atoms with E-state index in [4.69, 9.17) is 21.1 Å². The summed E-state index contributed by atoms with van der Waals surface area (Å²) in [6, 6.07) is 5.44. The van der Waals surface area contributed by atoms with Crippen molar-refractivity contribution in [2.45, 2.75) is 32.8 Å². The molecule has 1 aliphatic rings. The minimum atomic E-state index is -0.478. The van der Waals surface area contributed by atoms with E-state index in [1.807, 2.05) is 19.9 Å². The molecule has 1 amide bonds. The lowest BCUT2D eigenvalue weighted by Crippen LogP contribution is -2.41. The highest BCUT2D eigenvalue weighted by molar-refractivity contribution is 6.31. The maximum atomic E-state index is 12.3. The van der Waals surface area contributed by atoms with E-state index in [1.54, 1.807) is 12.1 Å². The van der Waals surface area contributed by atoms with Crippen LogP contribution < -0.4 is 10.1 Å². The molecule has 1 aliphatic heterocycles. The Labute approximate surface area is 149 Å². The van der Waals surface area contributed by atoms with Crippen LogP contribution in [-0.4, -0.2) is 56.3 Å². The topological polar surface area (TPSA) is 50.8 Å². The molecule has 1 heterocycles. The summed E-state index contributed by atoms with van der Waals surface area (Å²) in [5.41, 5.74) is 0.940. The summed E-state index contributed by atoms with van der Waals surface area (Å²) in [5.74, 6) is 0.610. The van der Waals surface area contributed by atoms with E-state index in [0.717, 1.165) is 44.8 Å². The minimum Gasteiger partial charge on any atom is -0.481 e. The number of nitrogens with zero attached hydrogens (tertiary/aromatic N) is 1. The average molecular weight is 355 g/mol. The Balaban J connectivity index is 1.73. The zero-order valence-electron chi connectivity index (χ0n) is 14.5. The van der Waals surface area contributed by atoms with E-state index in [0.29, 0.717) is 23.7 Å². The molecule has 1 aromatic carbocycles. The van der Waals surface area contributed by atoms with Crippen molar-refractivity contribution in [3.8, 4) is 5.75 Å². The molecular formula is C18H27ClN2O3. The quantitative estimate of drug-likeness (QED) is 0.729. The number of benzene rings is 1. The smallest absolute Gasteiger partial charge is 0.261 e. The summed E-state index contributed by atoms with van der Waals surface area (Å²) in [7, 11) is 0. The SMILES string of the molecule is CC[C@H](Oc1ccc(Cl)c(C)c1)C(=O)NCCCN1CCOCC1. The molecule has 1 fully saturated rings. The molecule has 0 saturated carbocycles. The Morgan fingerprint density at radius 3 is 2.83 bits per heavy atom. The minimum absolute atomic E-state index is 0.0629. The maximum absolute atomic E-state index is 12.3. The number of nitrogens with one attached hydrogen (secondary N) is 1. The van der Waals surface area contributed by atoms with Gasteiger partial charge in [0.1, 0.15) is 5.75 Å². The molecule has 0 bridgehead atoms. The van der Waals surface area contributed by atoms with E-state index in [-0.39, 0.29) is 5.91 Å².